The van der Waals surface area contributed by atoms with Crippen molar-refractivity contribution in [2.75, 3.05) is 6.61 Å². The summed E-state index contributed by atoms with van der Waals surface area (Å²) in [6, 6.07) is 9.53. The largest absolute Gasteiger partial charge is 0.462 e. The Morgan fingerprint density at radius 1 is 1.26 bits per heavy atom. The summed E-state index contributed by atoms with van der Waals surface area (Å²) in [5.74, 6) is -0.428. The van der Waals surface area contributed by atoms with Crippen LogP contribution in [0.4, 0.5) is 0 Å². The van der Waals surface area contributed by atoms with Crippen LogP contribution in [0.25, 0.3) is 16.7 Å². The predicted molar refractivity (Wildman–Crippen MR) is 89.2 cm³/mol. The molecule has 2 heterocycles. The fourth-order valence-electron chi connectivity index (χ4n) is 2.41. The van der Waals surface area contributed by atoms with Crippen molar-refractivity contribution < 1.29 is 9.53 Å². The monoisotopic (exact) mass is 329 g/mol. The number of carbonyl (C=O) groups excluding carboxylic acids is 1. The summed E-state index contributed by atoms with van der Waals surface area (Å²) in [7, 11) is 0. The predicted octanol–water partition coefficient (Wildman–Crippen LogP) is 3.81. The highest BCUT2D eigenvalue weighted by Gasteiger charge is 2.17. The third-order valence-electron chi connectivity index (χ3n) is 3.59. The van der Waals surface area contributed by atoms with Gasteiger partial charge in [-0.25, -0.2) is 14.5 Å². The molecule has 0 unspecified atom stereocenters. The Kier molecular flexibility index (Phi) is 4.30. The summed E-state index contributed by atoms with van der Waals surface area (Å²) in [5.41, 5.74) is 3.01. The Bertz CT molecular complexity index is 856. The second kappa shape index (κ2) is 6.38. The van der Waals surface area contributed by atoms with Crippen molar-refractivity contribution in [3.8, 4) is 5.69 Å². The van der Waals surface area contributed by atoms with E-state index in [0.29, 0.717) is 23.2 Å². The van der Waals surface area contributed by atoms with Crippen molar-refractivity contribution in [1.82, 2.24) is 14.8 Å². The maximum absolute atomic E-state index is 12.1. The summed E-state index contributed by atoms with van der Waals surface area (Å²) < 4.78 is 6.74. The number of esters is 1. The van der Waals surface area contributed by atoms with Gasteiger partial charge in [-0.05, 0) is 37.1 Å². The van der Waals surface area contributed by atoms with Crippen molar-refractivity contribution in [1.29, 1.82) is 0 Å². The van der Waals surface area contributed by atoms with E-state index in [0.717, 1.165) is 12.1 Å². The molecule has 0 amide bonds. The first-order valence-corrected chi connectivity index (χ1v) is 7.82. The number of nitrogens with zero attached hydrogens (tertiary/aromatic N) is 3. The molecule has 0 aliphatic heterocycles. The van der Waals surface area contributed by atoms with E-state index in [-0.39, 0.29) is 5.15 Å². The van der Waals surface area contributed by atoms with Crippen molar-refractivity contribution in [2.45, 2.75) is 20.3 Å². The zero-order valence-corrected chi connectivity index (χ0v) is 13.7. The number of fused-ring (bicyclic) bond motifs is 1. The number of hydrogen-bond acceptors (Lipinski definition) is 4. The molecule has 0 bridgehead atoms. The molecule has 0 aliphatic carbocycles. The smallest absolute Gasteiger partial charge is 0.339 e. The van der Waals surface area contributed by atoms with Crippen LogP contribution < -0.4 is 0 Å². The third kappa shape index (κ3) is 2.92. The molecular formula is C17H16ClN3O2. The molecule has 2 aromatic heterocycles. The Morgan fingerprint density at radius 3 is 2.65 bits per heavy atom. The summed E-state index contributed by atoms with van der Waals surface area (Å²) in [5, 5.41) is 5.20. The van der Waals surface area contributed by atoms with Crippen LogP contribution in [0, 0.1) is 0 Å². The Labute approximate surface area is 138 Å². The van der Waals surface area contributed by atoms with Gasteiger partial charge < -0.3 is 4.74 Å². The van der Waals surface area contributed by atoms with Crippen LogP contribution in [0.3, 0.4) is 0 Å². The number of hydrogen-bond donors (Lipinski definition) is 0. The highest BCUT2D eigenvalue weighted by atomic mass is 35.5. The van der Waals surface area contributed by atoms with E-state index in [4.69, 9.17) is 16.3 Å². The van der Waals surface area contributed by atoms with Gasteiger partial charge in [-0.1, -0.05) is 30.7 Å². The first kappa shape index (κ1) is 15.5. The average molecular weight is 330 g/mol. The molecule has 3 aromatic rings. The molecule has 6 heteroatoms. The topological polar surface area (TPSA) is 57.0 Å². The molecular weight excluding hydrogens is 314 g/mol. The quantitative estimate of drug-likeness (QED) is 0.539. The summed E-state index contributed by atoms with van der Waals surface area (Å²) >= 11 is 6.07. The zero-order chi connectivity index (χ0) is 16.4. The van der Waals surface area contributed by atoms with Crippen molar-refractivity contribution in [3.05, 3.63) is 52.8 Å². The number of rotatable bonds is 4. The zero-order valence-electron chi connectivity index (χ0n) is 12.9. The van der Waals surface area contributed by atoms with E-state index in [2.05, 4.69) is 17.0 Å². The van der Waals surface area contributed by atoms with E-state index < -0.39 is 5.97 Å². The maximum Gasteiger partial charge on any atom is 0.339 e. The lowest BCUT2D eigenvalue weighted by molar-refractivity contribution is 0.0528. The first-order valence-electron chi connectivity index (χ1n) is 7.44. The SMILES string of the molecule is CCOC(=O)c1cc(Cl)nc2c1cnn2-c1ccc(CC)cc1. The lowest BCUT2D eigenvalue weighted by Gasteiger charge is -2.06. The van der Waals surface area contributed by atoms with E-state index in [1.807, 2.05) is 24.3 Å². The fourth-order valence-corrected chi connectivity index (χ4v) is 2.60. The highest BCUT2D eigenvalue weighted by Crippen LogP contribution is 2.24. The molecule has 0 radical (unpaired) electrons. The molecule has 1 aromatic carbocycles. The molecule has 23 heavy (non-hydrogen) atoms. The lowest BCUT2D eigenvalue weighted by Crippen LogP contribution is -2.06. The van der Waals surface area contributed by atoms with Crippen molar-refractivity contribution in [2.24, 2.45) is 0 Å². The van der Waals surface area contributed by atoms with Gasteiger partial charge in [-0.2, -0.15) is 5.10 Å². The molecule has 0 fully saturated rings. The molecule has 0 atom stereocenters. The Hall–Kier alpha value is -2.40. The first-order chi connectivity index (χ1) is 11.1. The number of ether oxygens (including phenoxy) is 1. The third-order valence-corrected chi connectivity index (χ3v) is 3.79. The summed E-state index contributed by atoms with van der Waals surface area (Å²) in [4.78, 5) is 16.4. The van der Waals surface area contributed by atoms with E-state index >= 15 is 0 Å². The molecule has 5 nitrogen and oxygen atoms in total. The van der Waals surface area contributed by atoms with Gasteiger partial charge in [0.05, 0.1) is 29.4 Å². The molecule has 118 valence electrons. The standard InChI is InChI=1S/C17H16ClN3O2/c1-3-11-5-7-12(8-6-11)21-16-14(10-19-21)13(9-15(18)20-16)17(22)23-4-2/h5-10H,3-4H2,1-2H3. The highest BCUT2D eigenvalue weighted by molar-refractivity contribution is 6.30. The molecule has 0 saturated carbocycles. The number of pyridine rings is 1. The average Bonchev–Trinajstić information content (AvgIpc) is 2.98. The Balaban J connectivity index is 2.14. The second-order valence-corrected chi connectivity index (χ2v) is 5.41. The van der Waals surface area contributed by atoms with Crippen LogP contribution in [-0.4, -0.2) is 27.3 Å². The van der Waals surface area contributed by atoms with E-state index in [9.17, 15) is 4.79 Å². The van der Waals surface area contributed by atoms with E-state index in [1.54, 1.807) is 17.8 Å². The minimum Gasteiger partial charge on any atom is -0.462 e. The summed E-state index contributed by atoms with van der Waals surface area (Å²) in [6.45, 7) is 4.16. The van der Waals surface area contributed by atoms with Gasteiger partial charge in [-0.15, -0.1) is 0 Å². The van der Waals surface area contributed by atoms with Gasteiger partial charge in [0.1, 0.15) is 5.15 Å². The van der Waals surface area contributed by atoms with Gasteiger partial charge in [0.15, 0.2) is 5.65 Å². The van der Waals surface area contributed by atoms with Crippen LogP contribution in [-0.2, 0) is 11.2 Å². The molecule has 0 aliphatic rings. The van der Waals surface area contributed by atoms with Crippen molar-refractivity contribution >= 4 is 28.6 Å². The minimum atomic E-state index is -0.428. The number of benzene rings is 1. The van der Waals surface area contributed by atoms with Gasteiger partial charge in [-0.3, -0.25) is 0 Å². The summed E-state index contributed by atoms with van der Waals surface area (Å²) in [6.07, 6.45) is 2.58. The molecule has 0 saturated heterocycles. The Morgan fingerprint density at radius 2 is 2.00 bits per heavy atom. The molecule has 3 rings (SSSR count). The number of aromatic nitrogens is 3. The normalized spacial score (nSPS) is 10.9. The number of aryl methyl sites for hydroxylation is 1. The minimum absolute atomic E-state index is 0.229. The van der Waals surface area contributed by atoms with Gasteiger partial charge in [0.2, 0.25) is 0 Å². The number of carbonyl (C=O) groups is 1. The lowest BCUT2D eigenvalue weighted by atomic mass is 10.1. The van der Waals surface area contributed by atoms with Crippen LogP contribution in [0.5, 0.6) is 0 Å². The van der Waals surface area contributed by atoms with Gasteiger partial charge in [0, 0.05) is 0 Å². The maximum atomic E-state index is 12.1. The number of halogens is 1. The van der Waals surface area contributed by atoms with Crippen molar-refractivity contribution in [3.63, 3.8) is 0 Å². The fraction of sp³-hybridized carbons (Fsp3) is 0.235. The van der Waals surface area contributed by atoms with E-state index in [1.165, 1.54) is 11.6 Å². The molecule has 0 spiro atoms. The van der Waals surface area contributed by atoms with Gasteiger partial charge >= 0.3 is 5.97 Å². The molecule has 0 N–H and O–H groups in total. The van der Waals surface area contributed by atoms with Crippen LogP contribution in [0.1, 0.15) is 29.8 Å². The van der Waals surface area contributed by atoms with Crippen LogP contribution in [0.2, 0.25) is 5.15 Å². The second-order valence-electron chi connectivity index (χ2n) is 5.03. The van der Waals surface area contributed by atoms with Crippen LogP contribution >= 0.6 is 11.6 Å². The van der Waals surface area contributed by atoms with Crippen LogP contribution in [0.15, 0.2) is 36.5 Å². The van der Waals surface area contributed by atoms with Gasteiger partial charge in [0.25, 0.3) is 0 Å².